The van der Waals surface area contributed by atoms with E-state index >= 15 is 0 Å². The van der Waals surface area contributed by atoms with Crippen LogP contribution in [0.2, 0.25) is 0 Å². The summed E-state index contributed by atoms with van der Waals surface area (Å²) in [6.45, 7) is 0.304. The van der Waals surface area contributed by atoms with Crippen LogP contribution in [0.25, 0.3) is 0 Å². The number of hydrogen-bond acceptors (Lipinski definition) is 5. The van der Waals surface area contributed by atoms with Gasteiger partial charge in [-0.3, -0.25) is 9.59 Å². The van der Waals surface area contributed by atoms with Gasteiger partial charge in [0.15, 0.2) is 0 Å². The first-order valence-electron chi connectivity index (χ1n) is 8.60. The molecule has 0 spiro atoms. The Kier molecular flexibility index (Phi) is 4.87. The molecule has 3 aromatic rings. The van der Waals surface area contributed by atoms with Crippen molar-refractivity contribution in [2.75, 3.05) is 16.8 Å². The standard InChI is InChI=1S/C21H15N3O3S/c22-9-3-10-24-17-7-6-15(23-20(25)14-8-11-27-13-14)12-19(17)28-18-5-2-1-4-16(18)21(24)26/h1-2,4-8,11-13H,3,10H2,(H,23,25). The number of nitrogens with one attached hydrogen (secondary N) is 1. The minimum absolute atomic E-state index is 0.132. The van der Waals surface area contributed by atoms with Gasteiger partial charge in [-0.25, -0.2) is 0 Å². The lowest BCUT2D eigenvalue weighted by molar-refractivity contribution is 0.0983. The van der Waals surface area contributed by atoms with Crippen LogP contribution in [-0.2, 0) is 0 Å². The van der Waals surface area contributed by atoms with Gasteiger partial charge in [0.25, 0.3) is 11.8 Å². The third-order valence-corrected chi connectivity index (χ3v) is 5.44. The van der Waals surface area contributed by atoms with Gasteiger partial charge in [0, 0.05) is 22.0 Å². The SMILES string of the molecule is N#CCCN1C(=O)c2ccccc2Sc2cc(NC(=O)c3ccoc3)ccc21. The number of fused-ring (bicyclic) bond motifs is 2. The van der Waals surface area contributed by atoms with Crippen molar-refractivity contribution in [1.82, 2.24) is 0 Å². The minimum Gasteiger partial charge on any atom is -0.472 e. The maximum Gasteiger partial charge on any atom is 0.259 e. The molecule has 138 valence electrons. The molecule has 6 nitrogen and oxygen atoms in total. The summed E-state index contributed by atoms with van der Waals surface area (Å²) in [5, 5.41) is 11.8. The van der Waals surface area contributed by atoms with Gasteiger partial charge in [-0.2, -0.15) is 5.26 Å². The molecule has 0 radical (unpaired) electrons. The van der Waals surface area contributed by atoms with E-state index in [2.05, 4.69) is 11.4 Å². The first kappa shape index (κ1) is 17.9. The zero-order valence-electron chi connectivity index (χ0n) is 14.7. The molecule has 0 aliphatic carbocycles. The Labute approximate surface area is 165 Å². The molecule has 28 heavy (non-hydrogen) atoms. The molecule has 1 aromatic heterocycles. The third kappa shape index (κ3) is 3.38. The number of furan rings is 1. The van der Waals surface area contributed by atoms with E-state index in [4.69, 9.17) is 9.68 Å². The van der Waals surface area contributed by atoms with Gasteiger partial charge in [-0.1, -0.05) is 23.9 Å². The lowest BCUT2D eigenvalue weighted by Crippen LogP contribution is -2.31. The number of nitriles is 1. The summed E-state index contributed by atoms with van der Waals surface area (Å²) in [4.78, 5) is 28.6. The Morgan fingerprint density at radius 1 is 1.18 bits per heavy atom. The highest BCUT2D eigenvalue weighted by atomic mass is 32.2. The predicted molar refractivity (Wildman–Crippen MR) is 106 cm³/mol. The Morgan fingerprint density at radius 2 is 2.04 bits per heavy atom. The monoisotopic (exact) mass is 389 g/mol. The molecule has 0 atom stereocenters. The summed E-state index contributed by atoms with van der Waals surface area (Å²) < 4.78 is 4.95. The highest BCUT2D eigenvalue weighted by Crippen LogP contribution is 2.42. The average Bonchev–Trinajstić information content (AvgIpc) is 3.21. The van der Waals surface area contributed by atoms with Crippen LogP contribution in [0.1, 0.15) is 27.1 Å². The third-order valence-electron chi connectivity index (χ3n) is 4.32. The molecule has 1 N–H and O–H groups in total. The average molecular weight is 389 g/mol. The van der Waals surface area contributed by atoms with E-state index in [1.807, 2.05) is 24.3 Å². The molecule has 0 bridgehead atoms. The quantitative estimate of drug-likeness (QED) is 0.707. The first-order chi connectivity index (χ1) is 13.7. The van der Waals surface area contributed by atoms with E-state index in [0.29, 0.717) is 23.4 Å². The predicted octanol–water partition coefficient (Wildman–Crippen LogP) is 4.56. The maximum absolute atomic E-state index is 13.0. The number of carbonyl (C=O) groups excluding carboxylic acids is 2. The molecule has 7 heteroatoms. The maximum atomic E-state index is 13.0. The minimum atomic E-state index is -0.273. The fourth-order valence-corrected chi connectivity index (χ4v) is 4.10. The van der Waals surface area contributed by atoms with E-state index in [0.717, 1.165) is 15.5 Å². The van der Waals surface area contributed by atoms with Crippen LogP contribution in [0.5, 0.6) is 0 Å². The lowest BCUT2D eigenvalue weighted by Gasteiger charge is -2.22. The van der Waals surface area contributed by atoms with Crippen molar-refractivity contribution < 1.29 is 14.0 Å². The number of anilines is 2. The number of hydrogen-bond donors (Lipinski definition) is 1. The van der Waals surface area contributed by atoms with Crippen LogP contribution in [0.3, 0.4) is 0 Å². The molecule has 4 rings (SSSR count). The number of rotatable bonds is 4. The highest BCUT2D eigenvalue weighted by molar-refractivity contribution is 7.99. The van der Waals surface area contributed by atoms with Gasteiger partial charge in [0.1, 0.15) is 6.26 Å². The molecule has 0 unspecified atom stereocenters. The molecular weight excluding hydrogens is 374 g/mol. The second-order valence-corrected chi connectivity index (χ2v) is 7.20. The van der Waals surface area contributed by atoms with E-state index in [-0.39, 0.29) is 18.2 Å². The Hall–Kier alpha value is -3.50. The van der Waals surface area contributed by atoms with Gasteiger partial charge in [-0.05, 0) is 36.4 Å². The normalized spacial score (nSPS) is 12.5. The lowest BCUT2D eigenvalue weighted by atomic mass is 10.1. The van der Waals surface area contributed by atoms with Crippen molar-refractivity contribution in [1.29, 1.82) is 5.26 Å². The number of carbonyl (C=O) groups is 2. The van der Waals surface area contributed by atoms with Gasteiger partial charge >= 0.3 is 0 Å². The van der Waals surface area contributed by atoms with Gasteiger partial charge in [0.05, 0.1) is 35.6 Å². The smallest absolute Gasteiger partial charge is 0.259 e. The van der Waals surface area contributed by atoms with Gasteiger partial charge in [0.2, 0.25) is 0 Å². The van der Waals surface area contributed by atoms with Crippen LogP contribution >= 0.6 is 11.8 Å². The van der Waals surface area contributed by atoms with Crippen molar-refractivity contribution in [3.63, 3.8) is 0 Å². The fraction of sp³-hybridized carbons (Fsp3) is 0.0952. The van der Waals surface area contributed by atoms with Crippen molar-refractivity contribution in [2.24, 2.45) is 0 Å². The molecule has 1 aliphatic heterocycles. The number of nitrogens with zero attached hydrogens (tertiary/aromatic N) is 2. The second kappa shape index (κ2) is 7.62. The van der Waals surface area contributed by atoms with Crippen LogP contribution in [-0.4, -0.2) is 18.4 Å². The molecule has 2 amide bonds. The summed E-state index contributed by atoms with van der Waals surface area (Å²) in [7, 11) is 0. The van der Waals surface area contributed by atoms with Crippen molar-refractivity contribution in [3.8, 4) is 6.07 Å². The fourth-order valence-electron chi connectivity index (χ4n) is 2.98. The number of benzene rings is 2. The zero-order chi connectivity index (χ0) is 19.5. The van der Waals surface area contributed by atoms with E-state index in [9.17, 15) is 9.59 Å². The molecule has 2 heterocycles. The van der Waals surface area contributed by atoms with Crippen LogP contribution in [0.15, 0.2) is 75.3 Å². The molecule has 0 saturated carbocycles. The zero-order valence-corrected chi connectivity index (χ0v) is 15.5. The largest absolute Gasteiger partial charge is 0.472 e. The van der Waals surface area contributed by atoms with Crippen molar-refractivity contribution in [3.05, 3.63) is 72.2 Å². The Bertz CT molecular complexity index is 1090. The Balaban J connectivity index is 1.72. The van der Waals surface area contributed by atoms with E-state index < -0.39 is 0 Å². The van der Waals surface area contributed by atoms with Crippen molar-refractivity contribution >= 4 is 35.0 Å². The van der Waals surface area contributed by atoms with Gasteiger partial charge < -0.3 is 14.6 Å². The summed E-state index contributed by atoms with van der Waals surface area (Å²) in [6, 6.07) is 16.5. The van der Waals surface area contributed by atoms with Crippen LogP contribution in [0.4, 0.5) is 11.4 Å². The summed E-state index contributed by atoms with van der Waals surface area (Å²) in [5.74, 6) is -0.405. The highest BCUT2D eigenvalue weighted by Gasteiger charge is 2.27. The van der Waals surface area contributed by atoms with Crippen molar-refractivity contribution in [2.45, 2.75) is 16.2 Å². The topological polar surface area (TPSA) is 86.3 Å². The Morgan fingerprint density at radius 3 is 2.82 bits per heavy atom. The van der Waals surface area contributed by atoms with Gasteiger partial charge in [-0.15, -0.1) is 0 Å². The molecule has 0 fully saturated rings. The molecular formula is C21H15N3O3S. The van der Waals surface area contributed by atoms with E-state index in [1.165, 1.54) is 24.3 Å². The second-order valence-electron chi connectivity index (χ2n) is 6.11. The molecule has 0 saturated heterocycles. The van der Waals surface area contributed by atoms with E-state index in [1.54, 1.807) is 29.2 Å². The first-order valence-corrected chi connectivity index (χ1v) is 9.42. The molecule has 1 aliphatic rings. The summed E-state index contributed by atoms with van der Waals surface area (Å²) in [5.41, 5.74) is 2.37. The van der Waals surface area contributed by atoms with Crippen LogP contribution in [0, 0.1) is 11.3 Å². The van der Waals surface area contributed by atoms with Crippen LogP contribution < -0.4 is 10.2 Å². The summed E-state index contributed by atoms with van der Waals surface area (Å²) >= 11 is 1.47. The number of amides is 2. The summed E-state index contributed by atoms with van der Waals surface area (Å²) in [6.07, 6.45) is 3.06. The molecule has 2 aromatic carbocycles.